The first-order chi connectivity index (χ1) is 13.0. The lowest BCUT2D eigenvalue weighted by Crippen LogP contribution is -2.67. The lowest BCUT2D eigenvalue weighted by Gasteiger charge is -2.48. The Morgan fingerprint density at radius 3 is 1.56 bits per heavy atom. The van der Waals surface area contributed by atoms with Crippen LogP contribution in [-0.2, 0) is 14.4 Å². The minimum absolute atomic E-state index is 0.00569. The Labute approximate surface area is 162 Å². The molecule has 0 bridgehead atoms. The monoisotopic (exact) mass is 378 g/mol. The number of ketones is 1. The Balaban J connectivity index is 1.95. The smallest absolute Gasteiger partial charge is 0.243 e. The van der Waals surface area contributed by atoms with E-state index in [1.54, 1.807) is 0 Å². The highest BCUT2D eigenvalue weighted by molar-refractivity contribution is 7.80. The maximum atomic E-state index is 13.3. The minimum Gasteiger partial charge on any atom is -0.302 e. The Morgan fingerprint density at radius 2 is 1.15 bits per heavy atom. The van der Waals surface area contributed by atoms with Crippen molar-refractivity contribution in [3.8, 4) is 0 Å². The van der Waals surface area contributed by atoms with Crippen molar-refractivity contribution in [3.63, 3.8) is 0 Å². The van der Waals surface area contributed by atoms with Gasteiger partial charge in [-0.05, 0) is 23.3 Å². The van der Waals surface area contributed by atoms with Gasteiger partial charge in [0.2, 0.25) is 11.8 Å². The molecule has 2 fully saturated rings. The third-order valence-electron chi connectivity index (χ3n) is 5.57. The third-order valence-corrected chi connectivity index (χ3v) is 5.78. The number of hydrogen-bond donors (Lipinski definition) is 2. The van der Waals surface area contributed by atoms with Gasteiger partial charge in [-0.3, -0.25) is 14.4 Å². The van der Waals surface area contributed by atoms with Crippen LogP contribution in [0.5, 0.6) is 0 Å². The molecule has 0 aromatic heterocycles. The highest BCUT2D eigenvalue weighted by Gasteiger charge is 2.62. The molecule has 2 N–H and O–H groups in total. The lowest BCUT2D eigenvalue weighted by atomic mass is 9.54. The van der Waals surface area contributed by atoms with Gasteiger partial charge < -0.3 is 10.6 Å². The summed E-state index contributed by atoms with van der Waals surface area (Å²) in [5.41, 5.74) is 0.160. The van der Waals surface area contributed by atoms with Crippen molar-refractivity contribution in [2.24, 2.45) is 5.41 Å². The number of amides is 2. The van der Waals surface area contributed by atoms with Crippen LogP contribution in [0, 0.1) is 5.41 Å². The van der Waals surface area contributed by atoms with Gasteiger partial charge in [-0.2, -0.15) is 0 Å². The summed E-state index contributed by atoms with van der Waals surface area (Å²) in [7, 11) is 0. The summed E-state index contributed by atoms with van der Waals surface area (Å²) in [5, 5.41) is 5.27. The first-order valence-electron chi connectivity index (χ1n) is 8.82. The van der Waals surface area contributed by atoms with Gasteiger partial charge in [-0.25, -0.2) is 0 Å². The van der Waals surface area contributed by atoms with Gasteiger partial charge >= 0.3 is 0 Å². The van der Waals surface area contributed by atoms with Crippen molar-refractivity contribution in [1.29, 1.82) is 0 Å². The van der Waals surface area contributed by atoms with E-state index in [0.717, 1.165) is 11.1 Å². The molecule has 4 rings (SSSR count). The molecule has 2 aliphatic rings. The highest BCUT2D eigenvalue weighted by Crippen LogP contribution is 2.55. The van der Waals surface area contributed by atoms with E-state index in [9.17, 15) is 14.4 Å². The van der Waals surface area contributed by atoms with Crippen molar-refractivity contribution < 1.29 is 14.4 Å². The van der Waals surface area contributed by atoms with E-state index in [1.807, 2.05) is 60.7 Å². The Bertz CT molecular complexity index is 853. The number of rotatable bonds is 2. The van der Waals surface area contributed by atoms with Gasteiger partial charge in [0.05, 0.1) is 0 Å². The maximum absolute atomic E-state index is 13.3. The molecule has 1 heterocycles. The molecule has 136 valence electrons. The summed E-state index contributed by atoms with van der Waals surface area (Å²) >= 11 is 5.02. The van der Waals surface area contributed by atoms with Crippen LogP contribution in [0.3, 0.4) is 0 Å². The van der Waals surface area contributed by atoms with Crippen molar-refractivity contribution in [2.45, 2.75) is 24.7 Å². The number of carbonyl (C=O) groups excluding carboxylic acids is 3. The largest absolute Gasteiger partial charge is 0.302 e. The second-order valence-electron chi connectivity index (χ2n) is 6.98. The first-order valence-corrected chi connectivity index (χ1v) is 9.22. The number of carbonyl (C=O) groups is 3. The van der Waals surface area contributed by atoms with Gasteiger partial charge in [0, 0.05) is 24.7 Å². The van der Waals surface area contributed by atoms with Crippen LogP contribution in [0.15, 0.2) is 60.7 Å². The zero-order valence-electron chi connectivity index (χ0n) is 14.5. The van der Waals surface area contributed by atoms with Crippen LogP contribution < -0.4 is 10.6 Å². The molecule has 27 heavy (non-hydrogen) atoms. The summed E-state index contributed by atoms with van der Waals surface area (Å²) in [6, 6.07) is 18.6. The van der Waals surface area contributed by atoms with Crippen LogP contribution in [0.25, 0.3) is 0 Å². The van der Waals surface area contributed by atoms with Gasteiger partial charge in [-0.1, -0.05) is 60.7 Å². The van der Waals surface area contributed by atoms with Crippen molar-refractivity contribution in [3.05, 3.63) is 71.8 Å². The Kier molecular flexibility index (Phi) is 4.36. The van der Waals surface area contributed by atoms with Crippen LogP contribution in [-0.4, -0.2) is 22.7 Å². The van der Waals surface area contributed by atoms with Gasteiger partial charge in [0.15, 0.2) is 5.11 Å². The molecule has 6 heteroatoms. The van der Waals surface area contributed by atoms with E-state index >= 15 is 0 Å². The average molecular weight is 378 g/mol. The first kappa shape index (κ1) is 17.5. The van der Waals surface area contributed by atoms with Gasteiger partial charge in [-0.15, -0.1) is 0 Å². The van der Waals surface area contributed by atoms with Crippen molar-refractivity contribution in [2.75, 3.05) is 0 Å². The summed E-state index contributed by atoms with van der Waals surface area (Å²) in [6.07, 6.45) is 0.280. The Morgan fingerprint density at radius 1 is 0.741 bits per heavy atom. The summed E-state index contributed by atoms with van der Waals surface area (Å²) in [4.78, 5) is 39.2. The zero-order valence-corrected chi connectivity index (χ0v) is 15.3. The molecule has 2 aromatic carbocycles. The summed E-state index contributed by atoms with van der Waals surface area (Å²) in [5.74, 6) is -1.96. The number of Topliss-reactive ketones (excluding diaryl/α,β-unsaturated/α-hetero) is 1. The average Bonchev–Trinajstić information content (AvgIpc) is 2.67. The van der Waals surface area contributed by atoms with Gasteiger partial charge in [0.1, 0.15) is 11.2 Å². The fourth-order valence-corrected chi connectivity index (χ4v) is 4.60. The van der Waals surface area contributed by atoms with Crippen LogP contribution in [0.4, 0.5) is 0 Å². The molecule has 1 aliphatic heterocycles. The third kappa shape index (κ3) is 2.77. The van der Waals surface area contributed by atoms with E-state index in [-0.39, 0.29) is 23.7 Å². The van der Waals surface area contributed by atoms with E-state index in [1.165, 1.54) is 0 Å². The second-order valence-corrected chi connectivity index (χ2v) is 7.39. The molecule has 1 saturated carbocycles. The predicted molar refractivity (Wildman–Crippen MR) is 104 cm³/mol. The highest BCUT2D eigenvalue weighted by atomic mass is 32.1. The fourth-order valence-electron chi connectivity index (χ4n) is 4.42. The molecule has 2 atom stereocenters. The van der Waals surface area contributed by atoms with Crippen molar-refractivity contribution >= 4 is 34.9 Å². The number of thiocarbonyl (C=S) groups is 1. The van der Waals surface area contributed by atoms with E-state index in [4.69, 9.17) is 12.2 Å². The lowest BCUT2D eigenvalue weighted by molar-refractivity contribution is -0.150. The van der Waals surface area contributed by atoms with E-state index in [2.05, 4.69) is 10.6 Å². The second kappa shape index (κ2) is 6.70. The standard InChI is InChI=1S/C21H18N2O3S/c24-15-11-16(13-7-3-1-4-8-13)21(18(25)22-20(27)23-19(21)26)17(12-15)14-9-5-2-6-10-14/h1-10,16-17H,11-12H2,(H2,22,23,25,26,27)/t16-,17-/m0/s1. The molecule has 1 spiro atoms. The topological polar surface area (TPSA) is 75.3 Å². The molecule has 1 aliphatic carbocycles. The summed E-state index contributed by atoms with van der Waals surface area (Å²) in [6.45, 7) is 0. The fraction of sp³-hybridized carbons (Fsp3) is 0.238. The molecule has 0 radical (unpaired) electrons. The van der Waals surface area contributed by atoms with Crippen LogP contribution in [0.2, 0.25) is 0 Å². The van der Waals surface area contributed by atoms with Crippen LogP contribution in [0.1, 0.15) is 35.8 Å². The predicted octanol–water partition coefficient (Wildman–Crippen LogP) is 2.43. The van der Waals surface area contributed by atoms with Crippen LogP contribution >= 0.6 is 12.2 Å². The molecular formula is C21H18N2O3S. The maximum Gasteiger partial charge on any atom is 0.243 e. The molecular weight excluding hydrogens is 360 g/mol. The molecule has 2 aromatic rings. The summed E-state index contributed by atoms with van der Waals surface area (Å²) < 4.78 is 0. The normalized spacial score (nSPS) is 24.4. The molecule has 2 amide bonds. The number of benzene rings is 2. The number of nitrogens with one attached hydrogen (secondary N) is 2. The molecule has 5 nitrogen and oxygen atoms in total. The van der Waals surface area contributed by atoms with E-state index in [0.29, 0.717) is 0 Å². The van der Waals surface area contributed by atoms with Crippen molar-refractivity contribution in [1.82, 2.24) is 10.6 Å². The molecule has 0 unspecified atom stereocenters. The van der Waals surface area contributed by atoms with E-state index < -0.39 is 29.1 Å². The number of hydrogen-bond acceptors (Lipinski definition) is 4. The van der Waals surface area contributed by atoms with Gasteiger partial charge in [0.25, 0.3) is 0 Å². The Hall–Kier alpha value is -2.86. The molecule has 1 saturated heterocycles. The minimum atomic E-state index is -1.43. The zero-order chi connectivity index (χ0) is 19.0. The quantitative estimate of drug-likeness (QED) is 0.622. The SMILES string of the molecule is O=C1C[C@@H](c2ccccc2)C2(C(=O)NC(=S)NC2=O)[C@H](c2ccccc2)C1.